The van der Waals surface area contributed by atoms with E-state index in [4.69, 9.17) is 0 Å². The molecule has 1 unspecified atom stereocenters. The Bertz CT molecular complexity index is 577. The van der Waals surface area contributed by atoms with Gasteiger partial charge in [0.05, 0.1) is 6.04 Å². The zero-order chi connectivity index (χ0) is 15.4. The highest BCUT2D eigenvalue weighted by molar-refractivity contribution is 9.10. The summed E-state index contributed by atoms with van der Waals surface area (Å²) >= 11 is 3.48. The molecular weight excluding hydrogens is 336 g/mol. The van der Waals surface area contributed by atoms with Gasteiger partial charge in [-0.05, 0) is 54.8 Å². The van der Waals surface area contributed by atoms with E-state index < -0.39 is 11.6 Å². The van der Waals surface area contributed by atoms with Crippen LogP contribution in [0.3, 0.4) is 0 Å². The van der Waals surface area contributed by atoms with Crippen molar-refractivity contribution >= 4 is 15.9 Å². The average molecular weight is 354 g/mol. The van der Waals surface area contributed by atoms with Crippen molar-refractivity contribution in [3.05, 3.63) is 69.2 Å². The number of rotatable bonds is 5. The van der Waals surface area contributed by atoms with Crippen molar-refractivity contribution in [2.24, 2.45) is 0 Å². The number of aryl methyl sites for hydroxylation is 1. The lowest BCUT2D eigenvalue weighted by Crippen LogP contribution is -2.23. The molecule has 0 spiro atoms. The van der Waals surface area contributed by atoms with Gasteiger partial charge in [0.2, 0.25) is 0 Å². The molecule has 0 amide bonds. The smallest absolute Gasteiger partial charge is 0.159 e. The topological polar surface area (TPSA) is 12.0 Å². The van der Waals surface area contributed by atoms with E-state index in [1.807, 2.05) is 19.1 Å². The minimum absolute atomic E-state index is 0.146. The van der Waals surface area contributed by atoms with E-state index in [1.54, 1.807) is 6.07 Å². The molecule has 0 aromatic heterocycles. The first-order chi connectivity index (χ1) is 10.0. The maximum Gasteiger partial charge on any atom is 0.159 e. The lowest BCUT2D eigenvalue weighted by Gasteiger charge is -2.20. The van der Waals surface area contributed by atoms with E-state index in [1.165, 1.54) is 12.1 Å². The van der Waals surface area contributed by atoms with Crippen LogP contribution in [0.1, 0.15) is 36.1 Å². The van der Waals surface area contributed by atoms with Crippen LogP contribution in [-0.4, -0.2) is 6.54 Å². The molecule has 112 valence electrons. The first kappa shape index (κ1) is 16.1. The molecule has 0 bridgehead atoms. The molecule has 0 aliphatic carbocycles. The van der Waals surface area contributed by atoms with E-state index >= 15 is 0 Å². The van der Waals surface area contributed by atoms with Gasteiger partial charge in [-0.1, -0.05) is 41.1 Å². The summed E-state index contributed by atoms with van der Waals surface area (Å²) in [5.74, 6) is -1.63. The van der Waals surface area contributed by atoms with Gasteiger partial charge in [-0.2, -0.15) is 0 Å². The van der Waals surface area contributed by atoms with Gasteiger partial charge < -0.3 is 5.32 Å². The third-order valence-electron chi connectivity index (χ3n) is 3.39. The number of hydrogen-bond acceptors (Lipinski definition) is 1. The Morgan fingerprint density at radius 2 is 1.71 bits per heavy atom. The Balaban J connectivity index is 2.41. The molecule has 1 N–H and O–H groups in total. The largest absolute Gasteiger partial charge is 0.306 e. The fraction of sp³-hybridized carbons (Fsp3) is 0.294. The molecule has 1 atom stereocenters. The van der Waals surface area contributed by atoms with E-state index in [0.29, 0.717) is 0 Å². The molecule has 21 heavy (non-hydrogen) atoms. The van der Waals surface area contributed by atoms with E-state index in [-0.39, 0.29) is 6.04 Å². The van der Waals surface area contributed by atoms with Gasteiger partial charge in [-0.15, -0.1) is 0 Å². The van der Waals surface area contributed by atoms with E-state index in [0.717, 1.165) is 34.1 Å². The van der Waals surface area contributed by atoms with Gasteiger partial charge in [0.15, 0.2) is 11.6 Å². The molecule has 1 nitrogen and oxygen atoms in total. The van der Waals surface area contributed by atoms with Crippen molar-refractivity contribution in [1.29, 1.82) is 0 Å². The zero-order valence-electron chi connectivity index (χ0n) is 12.1. The van der Waals surface area contributed by atoms with Gasteiger partial charge in [0.25, 0.3) is 0 Å². The first-order valence-electron chi connectivity index (χ1n) is 6.97. The van der Waals surface area contributed by atoms with Gasteiger partial charge in [-0.3, -0.25) is 0 Å². The second-order valence-corrected chi connectivity index (χ2v) is 5.92. The Morgan fingerprint density at radius 3 is 2.33 bits per heavy atom. The third kappa shape index (κ3) is 3.89. The lowest BCUT2D eigenvalue weighted by atomic mass is 9.97. The molecule has 2 rings (SSSR count). The van der Waals surface area contributed by atoms with Gasteiger partial charge in [-0.25, -0.2) is 8.78 Å². The van der Waals surface area contributed by atoms with Crippen LogP contribution in [0.5, 0.6) is 0 Å². The summed E-state index contributed by atoms with van der Waals surface area (Å²) in [4.78, 5) is 0. The summed E-state index contributed by atoms with van der Waals surface area (Å²) in [6.07, 6.45) is 0.968. The SMILES string of the molecule is CCCNC(c1ccc(Br)c(C)c1)c1ccc(F)c(F)c1. The van der Waals surface area contributed by atoms with Crippen molar-refractivity contribution < 1.29 is 8.78 Å². The minimum Gasteiger partial charge on any atom is -0.306 e. The van der Waals surface area contributed by atoms with Gasteiger partial charge >= 0.3 is 0 Å². The Hall–Kier alpha value is -1.26. The molecule has 0 fully saturated rings. The summed E-state index contributed by atoms with van der Waals surface area (Å²) in [6.45, 7) is 4.89. The van der Waals surface area contributed by atoms with Crippen LogP contribution >= 0.6 is 15.9 Å². The van der Waals surface area contributed by atoms with Crippen molar-refractivity contribution in [2.75, 3.05) is 6.54 Å². The van der Waals surface area contributed by atoms with Crippen molar-refractivity contribution in [2.45, 2.75) is 26.3 Å². The molecule has 4 heteroatoms. The highest BCUT2D eigenvalue weighted by Crippen LogP contribution is 2.27. The van der Waals surface area contributed by atoms with Gasteiger partial charge in [0.1, 0.15) is 0 Å². The normalized spacial score (nSPS) is 12.4. The molecule has 0 heterocycles. The predicted molar refractivity (Wildman–Crippen MR) is 85.4 cm³/mol. The summed E-state index contributed by atoms with van der Waals surface area (Å²) in [6, 6.07) is 9.95. The van der Waals surface area contributed by atoms with Crippen LogP contribution in [0, 0.1) is 18.6 Å². The average Bonchev–Trinajstić information content (AvgIpc) is 2.46. The fourth-order valence-electron chi connectivity index (χ4n) is 2.26. The second kappa shape index (κ2) is 7.14. The maximum absolute atomic E-state index is 13.5. The highest BCUT2D eigenvalue weighted by atomic mass is 79.9. The molecule has 0 saturated carbocycles. The number of hydrogen-bond donors (Lipinski definition) is 1. The molecule has 0 aliphatic rings. The van der Waals surface area contributed by atoms with Crippen LogP contribution in [0.2, 0.25) is 0 Å². The number of halogens is 3. The maximum atomic E-state index is 13.5. The van der Waals surface area contributed by atoms with Crippen LogP contribution in [0.25, 0.3) is 0 Å². The summed E-state index contributed by atoms with van der Waals surface area (Å²) in [7, 11) is 0. The monoisotopic (exact) mass is 353 g/mol. The summed E-state index contributed by atoms with van der Waals surface area (Å²) in [5, 5.41) is 3.39. The number of nitrogens with one attached hydrogen (secondary N) is 1. The Kier molecular flexibility index (Phi) is 5.48. The summed E-state index contributed by atoms with van der Waals surface area (Å²) in [5.41, 5.74) is 2.87. The third-order valence-corrected chi connectivity index (χ3v) is 4.28. The molecule has 0 aliphatic heterocycles. The highest BCUT2D eigenvalue weighted by Gasteiger charge is 2.16. The Labute approximate surface area is 132 Å². The van der Waals surface area contributed by atoms with Crippen LogP contribution in [0.15, 0.2) is 40.9 Å². The van der Waals surface area contributed by atoms with Crippen LogP contribution < -0.4 is 5.32 Å². The number of benzene rings is 2. The Morgan fingerprint density at radius 1 is 1.05 bits per heavy atom. The van der Waals surface area contributed by atoms with Crippen LogP contribution in [0.4, 0.5) is 8.78 Å². The molecule has 2 aromatic rings. The van der Waals surface area contributed by atoms with Crippen molar-refractivity contribution in [3.8, 4) is 0 Å². The molecular formula is C17H18BrF2N. The zero-order valence-corrected chi connectivity index (χ0v) is 13.7. The van der Waals surface area contributed by atoms with Gasteiger partial charge in [0, 0.05) is 4.47 Å². The molecule has 2 aromatic carbocycles. The quantitative estimate of drug-likeness (QED) is 0.785. The first-order valence-corrected chi connectivity index (χ1v) is 7.76. The van der Waals surface area contributed by atoms with Crippen LogP contribution in [-0.2, 0) is 0 Å². The lowest BCUT2D eigenvalue weighted by molar-refractivity contribution is 0.503. The van der Waals surface area contributed by atoms with E-state index in [9.17, 15) is 8.78 Å². The molecule has 0 saturated heterocycles. The van der Waals surface area contributed by atoms with Crippen molar-refractivity contribution in [3.63, 3.8) is 0 Å². The standard InChI is InChI=1S/C17H18BrF2N/c1-3-8-21-17(12-4-6-14(18)11(2)9-12)13-5-7-15(19)16(20)10-13/h4-7,9-10,17,21H,3,8H2,1-2H3. The molecule has 0 radical (unpaired) electrons. The minimum atomic E-state index is -0.819. The summed E-state index contributed by atoms with van der Waals surface area (Å²) < 4.78 is 27.7. The van der Waals surface area contributed by atoms with E-state index in [2.05, 4.69) is 34.2 Å². The second-order valence-electron chi connectivity index (χ2n) is 5.07. The van der Waals surface area contributed by atoms with Crippen molar-refractivity contribution in [1.82, 2.24) is 5.32 Å². The predicted octanol–water partition coefficient (Wildman–Crippen LogP) is 5.12. The fourth-order valence-corrected chi connectivity index (χ4v) is 2.50.